The summed E-state index contributed by atoms with van der Waals surface area (Å²) in [6, 6.07) is 4.25. The summed E-state index contributed by atoms with van der Waals surface area (Å²) in [6.45, 7) is 3.66. The molecule has 1 N–H and O–H groups in total. The van der Waals surface area contributed by atoms with Gasteiger partial charge in [0.15, 0.2) is 0 Å². The Balaban J connectivity index is 1.75. The molecule has 0 bridgehead atoms. The molecule has 5 heteroatoms. The molecule has 1 fully saturated rings. The van der Waals surface area contributed by atoms with E-state index in [2.05, 4.69) is 23.8 Å². The Labute approximate surface area is 124 Å². The van der Waals surface area contributed by atoms with Crippen LogP contribution in [0.3, 0.4) is 0 Å². The van der Waals surface area contributed by atoms with Crippen molar-refractivity contribution in [2.75, 3.05) is 6.54 Å². The predicted molar refractivity (Wildman–Crippen MR) is 77.6 cm³/mol. The smallest absolute Gasteiger partial charge is 0.306 e. The largest absolute Gasteiger partial charge is 0.481 e. The van der Waals surface area contributed by atoms with E-state index in [1.54, 1.807) is 0 Å². The van der Waals surface area contributed by atoms with Crippen LogP contribution in [0, 0.1) is 11.8 Å². The monoisotopic (exact) mass is 290 g/mol. The van der Waals surface area contributed by atoms with Crippen molar-refractivity contribution < 1.29 is 14.7 Å². The van der Waals surface area contributed by atoms with Gasteiger partial charge in [-0.25, -0.2) is 0 Å². The number of rotatable bonds is 3. The van der Waals surface area contributed by atoms with Crippen molar-refractivity contribution in [3.05, 3.63) is 24.0 Å². The summed E-state index contributed by atoms with van der Waals surface area (Å²) in [6.07, 6.45) is 4.80. The molecular weight excluding hydrogens is 268 g/mol. The fourth-order valence-corrected chi connectivity index (χ4v) is 3.82. The Bertz CT molecular complexity index is 551. The molecule has 0 aromatic carbocycles. The number of carboxylic acid groups (broad SMARTS) is 1. The van der Waals surface area contributed by atoms with Crippen LogP contribution in [-0.4, -0.2) is 33.0 Å². The number of fused-ring (bicyclic) bond motifs is 1. The first-order valence-corrected chi connectivity index (χ1v) is 7.80. The number of aliphatic carboxylic acids is 1. The molecule has 1 aromatic heterocycles. The number of aromatic nitrogens is 1. The zero-order valence-corrected chi connectivity index (χ0v) is 12.4. The van der Waals surface area contributed by atoms with Crippen molar-refractivity contribution in [2.45, 2.75) is 45.2 Å². The summed E-state index contributed by atoms with van der Waals surface area (Å²) < 4.78 is 2.21. The molecular formula is C16H22N2O3. The van der Waals surface area contributed by atoms with Gasteiger partial charge in [0.1, 0.15) is 0 Å². The minimum Gasteiger partial charge on any atom is -0.481 e. The highest BCUT2D eigenvalue weighted by atomic mass is 16.4. The van der Waals surface area contributed by atoms with Gasteiger partial charge in [0.05, 0.1) is 12.0 Å². The molecule has 3 atom stereocenters. The van der Waals surface area contributed by atoms with Crippen molar-refractivity contribution in [3.8, 4) is 0 Å². The highest BCUT2D eigenvalue weighted by Gasteiger charge is 2.39. The maximum Gasteiger partial charge on any atom is 0.306 e. The standard InChI is InChI=1S/C16H22N2O3/c1-2-13-14-4-3-7-17(14)8-9-18(13)15(19)11-5-6-12(10-11)16(20)21/h3-4,7,11-13H,2,5-6,8-10H2,1H3,(H,20,21)/t11-,12+,13?/m0/s1. The second kappa shape index (κ2) is 5.54. The van der Waals surface area contributed by atoms with Crippen LogP contribution in [-0.2, 0) is 16.1 Å². The topological polar surface area (TPSA) is 62.5 Å². The first-order chi connectivity index (χ1) is 10.1. The van der Waals surface area contributed by atoms with Gasteiger partial charge in [-0.15, -0.1) is 0 Å². The van der Waals surface area contributed by atoms with E-state index in [0.29, 0.717) is 19.3 Å². The average Bonchev–Trinajstić information content (AvgIpc) is 3.13. The van der Waals surface area contributed by atoms with E-state index in [-0.39, 0.29) is 23.8 Å². The molecule has 114 valence electrons. The van der Waals surface area contributed by atoms with Crippen molar-refractivity contribution >= 4 is 11.9 Å². The number of nitrogens with zero attached hydrogens (tertiary/aromatic N) is 2. The normalized spacial score (nSPS) is 28.4. The number of carbonyl (C=O) groups is 2. The lowest BCUT2D eigenvalue weighted by Gasteiger charge is -2.38. The van der Waals surface area contributed by atoms with Gasteiger partial charge in [-0.1, -0.05) is 6.92 Å². The van der Waals surface area contributed by atoms with Crippen LogP contribution in [0.5, 0.6) is 0 Å². The van der Waals surface area contributed by atoms with E-state index < -0.39 is 5.97 Å². The van der Waals surface area contributed by atoms with Crippen molar-refractivity contribution in [1.29, 1.82) is 0 Å². The first kappa shape index (κ1) is 14.2. The Kier molecular flexibility index (Phi) is 3.74. The average molecular weight is 290 g/mol. The molecule has 5 nitrogen and oxygen atoms in total. The molecule has 0 radical (unpaired) electrons. The molecule has 0 spiro atoms. The molecule has 21 heavy (non-hydrogen) atoms. The first-order valence-electron chi connectivity index (χ1n) is 7.80. The number of hydrogen-bond acceptors (Lipinski definition) is 2. The summed E-state index contributed by atoms with van der Waals surface area (Å²) in [4.78, 5) is 25.8. The molecule has 3 rings (SSSR count). The lowest BCUT2D eigenvalue weighted by Crippen LogP contribution is -2.44. The molecule has 1 saturated carbocycles. The van der Waals surface area contributed by atoms with E-state index in [0.717, 1.165) is 19.5 Å². The number of amides is 1. The Morgan fingerprint density at radius 3 is 2.71 bits per heavy atom. The van der Waals surface area contributed by atoms with Gasteiger partial charge in [-0.05, 0) is 37.8 Å². The van der Waals surface area contributed by atoms with E-state index in [1.165, 1.54) is 5.69 Å². The third kappa shape index (κ3) is 2.45. The van der Waals surface area contributed by atoms with Gasteiger partial charge in [0.2, 0.25) is 5.91 Å². The highest BCUT2D eigenvalue weighted by molar-refractivity contribution is 5.81. The summed E-state index contributed by atoms with van der Waals surface area (Å²) in [5.74, 6) is -1.06. The van der Waals surface area contributed by atoms with E-state index in [4.69, 9.17) is 5.11 Å². The van der Waals surface area contributed by atoms with Gasteiger partial charge in [0.25, 0.3) is 0 Å². The molecule has 1 unspecified atom stereocenters. The molecule has 0 saturated heterocycles. The fourth-order valence-electron chi connectivity index (χ4n) is 3.82. The summed E-state index contributed by atoms with van der Waals surface area (Å²) >= 11 is 0. The number of carboxylic acids is 1. The second-order valence-corrected chi connectivity index (χ2v) is 6.13. The lowest BCUT2D eigenvalue weighted by molar-refractivity contribution is -0.142. The Hall–Kier alpha value is -1.78. The predicted octanol–water partition coefficient (Wildman–Crippen LogP) is 2.28. The fraction of sp³-hybridized carbons (Fsp3) is 0.625. The van der Waals surface area contributed by atoms with Gasteiger partial charge >= 0.3 is 5.97 Å². The molecule has 1 aromatic rings. The number of carbonyl (C=O) groups excluding carboxylic acids is 1. The van der Waals surface area contributed by atoms with Gasteiger partial charge < -0.3 is 14.6 Å². The van der Waals surface area contributed by atoms with Crippen LogP contribution in [0.4, 0.5) is 0 Å². The van der Waals surface area contributed by atoms with Gasteiger partial charge in [0, 0.05) is 30.9 Å². The van der Waals surface area contributed by atoms with Crippen LogP contribution in [0.15, 0.2) is 18.3 Å². The third-order valence-electron chi connectivity index (χ3n) is 4.96. The zero-order valence-electron chi connectivity index (χ0n) is 12.4. The summed E-state index contributed by atoms with van der Waals surface area (Å²) in [7, 11) is 0. The van der Waals surface area contributed by atoms with Crippen LogP contribution in [0.25, 0.3) is 0 Å². The minimum absolute atomic E-state index is 0.110. The molecule has 2 heterocycles. The molecule has 1 amide bonds. The maximum absolute atomic E-state index is 12.8. The van der Waals surface area contributed by atoms with Crippen LogP contribution < -0.4 is 0 Å². The second-order valence-electron chi connectivity index (χ2n) is 6.13. The molecule has 1 aliphatic heterocycles. The van der Waals surface area contributed by atoms with Crippen LogP contribution in [0.1, 0.15) is 44.3 Å². The van der Waals surface area contributed by atoms with Crippen LogP contribution in [0.2, 0.25) is 0 Å². The Morgan fingerprint density at radius 1 is 1.29 bits per heavy atom. The van der Waals surface area contributed by atoms with E-state index in [9.17, 15) is 9.59 Å². The SMILES string of the molecule is CCC1c2cccn2CCN1C(=O)[C@H]1CC[C@@H](C(=O)O)C1. The van der Waals surface area contributed by atoms with E-state index in [1.807, 2.05) is 11.0 Å². The maximum atomic E-state index is 12.8. The molecule has 2 aliphatic rings. The van der Waals surface area contributed by atoms with Crippen molar-refractivity contribution in [1.82, 2.24) is 9.47 Å². The lowest BCUT2D eigenvalue weighted by atomic mass is 10.00. The highest BCUT2D eigenvalue weighted by Crippen LogP contribution is 2.36. The minimum atomic E-state index is -0.759. The van der Waals surface area contributed by atoms with E-state index >= 15 is 0 Å². The van der Waals surface area contributed by atoms with Crippen molar-refractivity contribution in [2.24, 2.45) is 11.8 Å². The summed E-state index contributed by atoms with van der Waals surface area (Å²) in [5, 5.41) is 9.10. The Morgan fingerprint density at radius 2 is 2.05 bits per heavy atom. The summed E-state index contributed by atoms with van der Waals surface area (Å²) in [5.41, 5.74) is 1.20. The van der Waals surface area contributed by atoms with Gasteiger partial charge in [-0.2, -0.15) is 0 Å². The number of hydrogen-bond donors (Lipinski definition) is 1. The molecule has 1 aliphatic carbocycles. The van der Waals surface area contributed by atoms with Gasteiger partial charge in [-0.3, -0.25) is 9.59 Å². The van der Waals surface area contributed by atoms with Crippen LogP contribution >= 0.6 is 0 Å². The zero-order chi connectivity index (χ0) is 15.0. The third-order valence-corrected chi connectivity index (χ3v) is 4.96. The quantitative estimate of drug-likeness (QED) is 0.929. The van der Waals surface area contributed by atoms with Crippen molar-refractivity contribution in [3.63, 3.8) is 0 Å².